The molecule has 0 spiro atoms. The van der Waals surface area contributed by atoms with Gasteiger partial charge < -0.3 is 30.3 Å². The molecule has 0 amide bonds. The van der Waals surface area contributed by atoms with Gasteiger partial charge in [-0.3, -0.25) is 0 Å². The summed E-state index contributed by atoms with van der Waals surface area (Å²) in [6.45, 7) is 6.05. The number of anilines is 3. The molecule has 0 aliphatic carbocycles. The van der Waals surface area contributed by atoms with Crippen LogP contribution in [0.15, 0.2) is 30.3 Å². The van der Waals surface area contributed by atoms with Gasteiger partial charge in [0.25, 0.3) is 0 Å². The molecule has 1 aliphatic rings. The number of hydrogen-bond acceptors (Lipinski definition) is 9. The van der Waals surface area contributed by atoms with Crippen molar-refractivity contribution in [3.05, 3.63) is 35.9 Å². The van der Waals surface area contributed by atoms with Crippen molar-refractivity contribution in [2.45, 2.75) is 19.4 Å². The summed E-state index contributed by atoms with van der Waals surface area (Å²) in [6.07, 6.45) is 2.34. The molecule has 1 saturated heterocycles. The molecule has 0 bridgehead atoms. The Kier molecular flexibility index (Phi) is 9.07. The van der Waals surface area contributed by atoms with Gasteiger partial charge in [0.1, 0.15) is 0 Å². The van der Waals surface area contributed by atoms with E-state index in [2.05, 4.69) is 32.3 Å². The van der Waals surface area contributed by atoms with Crippen LogP contribution in [0.3, 0.4) is 0 Å². The van der Waals surface area contributed by atoms with Crippen molar-refractivity contribution in [1.29, 1.82) is 0 Å². The normalized spacial score (nSPS) is 13.6. The number of benzene rings is 1. The lowest BCUT2D eigenvalue weighted by atomic mass is 10.2. The van der Waals surface area contributed by atoms with E-state index in [1.807, 2.05) is 30.1 Å². The Morgan fingerprint density at radius 1 is 1.00 bits per heavy atom. The van der Waals surface area contributed by atoms with Gasteiger partial charge in [0.05, 0.1) is 26.4 Å². The molecular weight excluding hydrogens is 382 g/mol. The van der Waals surface area contributed by atoms with Crippen LogP contribution >= 0.6 is 0 Å². The van der Waals surface area contributed by atoms with Crippen molar-refractivity contribution in [1.82, 2.24) is 15.0 Å². The van der Waals surface area contributed by atoms with Crippen LogP contribution < -0.4 is 20.9 Å². The molecule has 2 heterocycles. The van der Waals surface area contributed by atoms with Gasteiger partial charge in [0.15, 0.2) is 0 Å². The fraction of sp³-hybridized carbons (Fsp3) is 0.571. The first kappa shape index (κ1) is 22.2. The van der Waals surface area contributed by atoms with Crippen LogP contribution in [-0.4, -0.2) is 74.6 Å². The van der Waals surface area contributed by atoms with Crippen molar-refractivity contribution in [2.75, 3.05) is 74.8 Å². The molecule has 0 atom stereocenters. The molecule has 9 heteroatoms. The topological polar surface area (TPSA) is 102 Å². The molecule has 2 aromatic rings. The minimum atomic E-state index is 0.529. The summed E-state index contributed by atoms with van der Waals surface area (Å²) in [6, 6.07) is 10.3. The van der Waals surface area contributed by atoms with Gasteiger partial charge >= 0.3 is 0 Å². The van der Waals surface area contributed by atoms with Crippen LogP contribution in [-0.2, 0) is 16.0 Å². The summed E-state index contributed by atoms with van der Waals surface area (Å²) in [4.78, 5) is 18.3. The van der Waals surface area contributed by atoms with Crippen LogP contribution in [0.1, 0.15) is 18.4 Å². The van der Waals surface area contributed by atoms with Crippen LogP contribution in [0, 0.1) is 0 Å². The predicted octanol–water partition coefficient (Wildman–Crippen LogP) is 1.51. The van der Waals surface area contributed by atoms with E-state index < -0.39 is 0 Å². The Labute approximate surface area is 178 Å². The smallest absolute Gasteiger partial charge is 0.232 e. The average Bonchev–Trinajstić information content (AvgIpc) is 3.31. The number of ether oxygens (including phenoxy) is 2. The quantitative estimate of drug-likeness (QED) is 0.471. The third kappa shape index (κ3) is 7.08. The summed E-state index contributed by atoms with van der Waals surface area (Å²) >= 11 is 0. The van der Waals surface area contributed by atoms with Crippen LogP contribution in [0.25, 0.3) is 0 Å². The number of hydrogen-bond donors (Lipinski definition) is 2. The highest BCUT2D eigenvalue weighted by Gasteiger charge is 2.18. The fourth-order valence-electron chi connectivity index (χ4n) is 3.23. The minimum absolute atomic E-state index is 0.529. The molecule has 30 heavy (non-hydrogen) atoms. The number of nitrogens with zero attached hydrogens (tertiary/aromatic N) is 5. The van der Waals surface area contributed by atoms with Gasteiger partial charge in [-0.25, -0.2) is 0 Å². The zero-order valence-electron chi connectivity index (χ0n) is 17.8. The van der Waals surface area contributed by atoms with Crippen molar-refractivity contribution >= 4 is 17.8 Å². The third-order valence-corrected chi connectivity index (χ3v) is 4.77. The lowest BCUT2D eigenvalue weighted by Crippen LogP contribution is -2.26. The van der Waals surface area contributed by atoms with Crippen LogP contribution in [0.5, 0.6) is 0 Å². The van der Waals surface area contributed by atoms with Crippen LogP contribution in [0.2, 0.25) is 0 Å². The van der Waals surface area contributed by atoms with Crippen molar-refractivity contribution in [3.63, 3.8) is 0 Å². The zero-order chi connectivity index (χ0) is 21.0. The second-order valence-electron chi connectivity index (χ2n) is 7.24. The molecule has 1 aromatic heterocycles. The first-order chi connectivity index (χ1) is 14.8. The average molecular weight is 416 g/mol. The van der Waals surface area contributed by atoms with Crippen molar-refractivity contribution in [2.24, 2.45) is 5.73 Å². The number of nitrogens with one attached hydrogen (secondary N) is 1. The first-order valence-corrected chi connectivity index (χ1v) is 10.6. The van der Waals surface area contributed by atoms with Crippen LogP contribution in [0.4, 0.5) is 17.8 Å². The van der Waals surface area contributed by atoms with E-state index in [1.54, 1.807) is 0 Å². The zero-order valence-corrected chi connectivity index (χ0v) is 17.8. The molecule has 3 rings (SSSR count). The summed E-state index contributed by atoms with van der Waals surface area (Å²) in [5.41, 5.74) is 6.60. The molecule has 1 aromatic carbocycles. The molecule has 0 saturated carbocycles. The Morgan fingerprint density at radius 2 is 1.73 bits per heavy atom. The number of rotatable bonds is 13. The van der Waals surface area contributed by atoms with E-state index in [1.165, 1.54) is 18.4 Å². The van der Waals surface area contributed by atoms with Gasteiger partial charge in [0, 0.05) is 39.8 Å². The Hall–Kier alpha value is -2.49. The largest absolute Gasteiger partial charge is 0.378 e. The maximum absolute atomic E-state index is 5.57. The van der Waals surface area contributed by atoms with E-state index in [0.717, 1.165) is 25.6 Å². The van der Waals surface area contributed by atoms with Gasteiger partial charge in [-0.05, 0) is 18.4 Å². The van der Waals surface area contributed by atoms with E-state index in [4.69, 9.17) is 20.2 Å². The summed E-state index contributed by atoms with van der Waals surface area (Å²) in [5, 5.41) is 3.27. The van der Waals surface area contributed by atoms with E-state index >= 15 is 0 Å². The molecule has 3 N–H and O–H groups in total. The second-order valence-corrected chi connectivity index (χ2v) is 7.24. The Balaban J connectivity index is 1.59. The van der Waals surface area contributed by atoms with E-state index in [9.17, 15) is 0 Å². The molecule has 0 radical (unpaired) electrons. The lowest BCUT2D eigenvalue weighted by molar-refractivity contribution is 0.0547. The lowest BCUT2D eigenvalue weighted by Gasteiger charge is -2.21. The first-order valence-electron chi connectivity index (χ1n) is 10.6. The van der Waals surface area contributed by atoms with Crippen molar-refractivity contribution in [3.8, 4) is 0 Å². The SMILES string of the molecule is CN(Cc1ccccc1)c1nc(NCCOCCOCCN)nc(N2CCCC2)n1. The monoisotopic (exact) mass is 415 g/mol. The van der Waals surface area contributed by atoms with Gasteiger partial charge in [-0.15, -0.1) is 0 Å². The summed E-state index contributed by atoms with van der Waals surface area (Å²) in [7, 11) is 2.00. The molecule has 1 aliphatic heterocycles. The summed E-state index contributed by atoms with van der Waals surface area (Å²) in [5.74, 6) is 1.97. The minimum Gasteiger partial charge on any atom is -0.378 e. The van der Waals surface area contributed by atoms with Crippen molar-refractivity contribution < 1.29 is 9.47 Å². The molecule has 0 unspecified atom stereocenters. The third-order valence-electron chi connectivity index (χ3n) is 4.77. The number of nitrogens with two attached hydrogens (primary N) is 1. The van der Waals surface area contributed by atoms with Gasteiger partial charge in [-0.1, -0.05) is 30.3 Å². The fourth-order valence-corrected chi connectivity index (χ4v) is 3.23. The standard InChI is InChI=1S/C21H33N7O2/c1-27(17-18-7-3-2-4-8-18)20-24-19(23-10-14-30-16-15-29-13-9-22)25-21(26-20)28-11-5-6-12-28/h2-4,7-8H,5-6,9-17,22H2,1H3,(H,23,24,25,26). The highest BCUT2D eigenvalue weighted by atomic mass is 16.5. The van der Waals surface area contributed by atoms with E-state index in [0.29, 0.717) is 51.4 Å². The maximum Gasteiger partial charge on any atom is 0.232 e. The summed E-state index contributed by atoms with van der Waals surface area (Å²) < 4.78 is 10.9. The molecule has 9 nitrogen and oxygen atoms in total. The highest BCUT2D eigenvalue weighted by molar-refractivity contribution is 5.45. The molecular formula is C21H33N7O2. The van der Waals surface area contributed by atoms with Gasteiger partial charge in [0.2, 0.25) is 17.8 Å². The molecule has 1 fully saturated rings. The second kappa shape index (κ2) is 12.3. The Morgan fingerprint density at radius 3 is 2.47 bits per heavy atom. The van der Waals surface area contributed by atoms with E-state index in [-0.39, 0.29) is 0 Å². The Bertz CT molecular complexity index is 741. The predicted molar refractivity (Wildman–Crippen MR) is 119 cm³/mol. The molecule has 164 valence electrons. The number of aromatic nitrogens is 3. The maximum atomic E-state index is 5.57. The highest BCUT2D eigenvalue weighted by Crippen LogP contribution is 2.20. The van der Waals surface area contributed by atoms with Gasteiger partial charge in [-0.2, -0.15) is 15.0 Å².